The lowest BCUT2D eigenvalue weighted by atomic mass is 9.76. The van der Waals surface area contributed by atoms with Gasteiger partial charge in [0.05, 0.1) is 0 Å². The lowest BCUT2D eigenvalue weighted by molar-refractivity contribution is -0.616. The van der Waals surface area contributed by atoms with Crippen LogP contribution in [0.5, 0.6) is 0 Å². The SMILES string of the molecule is C[C@@](O)(c1ccccc1)[C@H](c1ccccc1)c1cccc[n+]1[O-]. The Bertz CT molecular complexity index is 770. The van der Waals surface area contributed by atoms with Gasteiger partial charge in [-0.25, -0.2) is 0 Å². The van der Waals surface area contributed by atoms with Gasteiger partial charge in [-0.2, -0.15) is 4.73 Å². The molecule has 0 spiro atoms. The van der Waals surface area contributed by atoms with Gasteiger partial charge in [0.1, 0.15) is 11.5 Å². The second-order valence-corrected chi connectivity index (χ2v) is 5.81. The van der Waals surface area contributed by atoms with Crippen molar-refractivity contribution in [2.24, 2.45) is 0 Å². The van der Waals surface area contributed by atoms with Crippen LogP contribution in [0.25, 0.3) is 0 Å². The van der Waals surface area contributed by atoms with Gasteiger partial charge < -0.3 is 10.3 Å². The molecular weight excluding hydrogens is 286 g/mol. The molecule has 0 unspecified atom stereocenters. The zero-order valence-corrected chi connectivity index (χ0v) is 13.0. The highest BCUT2D eigenvalue weighted by Crippen LogP contribution is 2.40. The molecule has 0 saturated heterocycles. The minimum Gasteiger partial charge on any atom is -0.618 e. The minimum absolute atomic E-state index is 0.468. The summed E-state index contributed by atoms with van der Waals surface area (Å²) in [6.45, 7) is 1.76. The first-order valence-corrected chi connectivity index (χ1v) is 7.61. The number of hydrogen-bond donors (Lipinski definition) is 1. The van der Waals surface area contributed by atoms with Crippen LogP contribution in [0.15, 0.2) is 85.1 Å². The summed E-state index contributed by atoms with van der Waals surface area (Å²) in [7, 11) is 0. The average Bonchev–Trinajstić information content (AvgIpc) is 2.58. The van der Waals surface area contributed by atoms with Crippen molar-refractivity contribution in [1.29, 1.82) is 0 Å². The van der Waals surface area contributed by atoms with Crippen LogP contribution in [-0.2, 0) is 5.60 Å². The molecule has 3 nitrogen and oxygen atoms in total. The van der Waals surface area contributed by atoms with Gasteiger partial charge in [0.15, 0.2) is 6.20 Å². The number of rotatable bonds is 4. The number of benzene rings is 2. The number of nitrogens with zero attached hydrogens (tertiary/aromatic N) is 1. The van der Waals surface area contributed by atoms with Gasteiger partial charge in [-0.1, -0.05) is 60.7 Å². The van der Waals surface area contributed by atoms with Crippen LogP contribution >= 0.6 is 0 Å². The van der Waals surface area contributed by atoms with Crippen molar-refractivity contribution in [1.82, 2.24) is 0 Å². The lowest BCUT2D eigenvalue weighted by Crippen LogP contribution is -2.40. The minimum atomic E-state index is -1.21. The molecule has 0 aliphatic rings. The summed E-state index contributed by atoms with van der Waals surface area (Å²) in [6, 6.07) is 24.4. The molecule has 0 saturated carbocycles. The van der Waals surface area contributed by atoms with Crippen molar-refractivity contribution >= 4 is 0 Å². The van der Waals surface area contributed by atoms with E-state index in [1.165, 1.54) is 6.20 Å². The fraction of sp³-hybridized carbons (Fsp3) is 0.150. The molecular formula is C20H19NO2. The molecule has 3 rings (SSSR count). The maximum atomic E-state index is 12.3. The zero-order chi connectivity index (χ0) is 16.3. The molecule has 23 heavy (non-hydrogen) atoms. The maximum Gasteiger partial charge on any atom is 0.203 e. The third-order valence-corrected chi connectivity index (χ3v) is 4.20. The number of hydrogen-bond acceptors (Lipinski definition) is 2. The van der Waals surface area contributed by atoms with Crippen LogP contribution in [-0.4, -0.2) is 5.11 Å². The van der Waals surface area contributed by atoms with E-state index in [4.69, 9.17) is 0 Å². The van der Waals surface area contributed by atoms with Gasteiger partial charge >= 0.3 is 0 Å². The fourth-order valence-corrected chi connectivity index (χ4v) is 3.04. The second kappa shape index (κ2) is 6.23. The third-order valence-electron chi connectivity index (χ3n) is 4.20. The predicted octanol–water partition coefficient (Wildman–Crippen LogP) is 3.36. The fourth-order valence-electron chi connectivity index (χ4n) is 3.04. The molecule has 2 atom stereocenters. The first-order valence-electron chi connectivity index (χ1n) is 7.61. The Hall–Kier alpha value is -2.65. The monoisotopic (exact) mass is 305 g/mol. The largest absolute Gasteiger partial charge is 0.618 e. The average molecular weight is 305 g/mol. The molecule has 3 heteroatoms. The summed E-state index contributed by atoms with van der Waals surface area (Å²) >= 11 is 0. The highest BCUT2D eigenvalue weighted by Gasteiger charge is 2.40. The van der Waals surface area contributed by atoms with Crippen LogP contribution in [0.4, 0.5) is 0 Å². The zero-order valence-electron chi connectivity index (χ0n) is 13.0. The normalized spacial score (nSPS) is 14.9. The van der Waals surface area contributed by atoms with Crippen molar-refractivity contribution in [3.05, 3.63) is 107 Å². The van der Waals surface area contributed by atoms with Crippen molar-refractivity contribution in [2.75, 3.05) is 0 Å². The smallest absolute Gasteiger partial charge is 0.203 e. The van der Waals surface area contributed by atoms with E-state index in [0.717, 1.165) is 15.9 Å². The number of aromatic nitrogens is 1. The Morgan fingerprint density at radius 1 is 0.870 bits per heavy atom. The first kappa shape index (κ1) is 15.3. The van der Waals surface area contributed by atoms with Crippen LogP contribution in [0.1, 0.15) is 29.7 Å². The van der Waals surface area contributed by atoms with E-state index >= 15 is 0 Å². The van der Waals surface area contributed by atoms with Gasteiger partial charge in [-0.15, -0.1) is 0 Å². The highest BCUT2D eigenvalue weighted by atomic mass is 16.5. The van der Waals surface area contributed by atoms with E-state index in [9.17, 15) is 10.3 Å². The van der Waals surface area contributed by atoms with Gasteiger partial charge in [-0.05, 0) is 24.1 Å². The van der Waals surface area contributed by atoms with Crippen LogP contribution in [0.2, 0.25) is 0 Å². The molecule has 0 radical (unpaired) electrons. The molecule has 2 aromatic carbocycles. The van der Waals surface area contributed by atoms with Crippen molar-refractivity contribution < 1.29 is 9.84 Å². The Morgan fingerprint density at radius 2 is 1.43 bits per heavy atom. The summed E-state index contributed by atoms with van der Waals surface area (Å²) in [4.78, 5) is 0. The van der Waals surface area contributed by atoms with E-state index in [1.54, 1.807) is 19.1 Å². The van der Waals surface area contributed by atoms with Crippen molar-refractivity contribution in [3.8, 4) is 0 Å². The van der Waals surface area contributed by atoms with E-state index in [2.05, 4.69) is 0 Å². The van der Waals surface area contributed by atoms with E-state index in [0.29, 0.717) is 5.69 Å². The van der Waals surface area contributed by atoms with Crippen LogP contribution in [0.3, 0.4) is 0 Å². The van der Waals surface area contributed by atoms with Gasteiger partial charge in [0, 0.05) is 12.1 Å². The number of pyridine rings is 1. The molecule has 0 fully saturated rings. The summed E-state index contributed by atoms with van der Waals surface area (Å²) in [5.41, 5.74) is 0.985. The molecule has 3 aromatic rings. The van der Waals surface area contributed by atoms with E-state index in [1.807, 2.05) is 66.7 Å². The van der Waals surface area contributed by atoms with Gasteiger partial charge in [0.25, 0.3) is 0 Å². The quantitative estimate of drug-likeness (QED) is 0.593. The highest BCUT2D eigenvalue weighted by molar-refractivity contribution is 5.36. The standard InChI is InChI=1S/C20H19NO2/c1-20(22,17-12-6-3-7-13-17)19(16-10-4-2-5-11-16)18-14-8-9-15-21(18)23/h2-15,19,22H,1H3/t19-,20-/m1/s1. The number of aliphatic hydroxyl groups is 1. The van der Waals surface area contributed by atoms with E-state index in [-0.39, 0.29) is 0 Å². The third kappa shape index (κ3) is 2.96. The molecule has 1 aromatic heterocycles. The van der Waals surface area contributed by atoms with Crippen molar-refractivity contribution in [2.45, 2.75) is 18.4 Å². The molecule has 0 bridgehead atoms. The predicted molar refractivity (Wildman–Crippen MR) is 89.7 cm³/mol. The van der Waals surface area contributed by atoms with E-state index < -0.39 is 11.5 Å². The molecule has 0 aliphatic heterocycles. The Morgan fingerprint density at radius 3 is 2.04 bits per heavy atom. The first-order chi connectivity index (χ1) is 11.1. The Kier molecular flexibility index (Phi) is 4.13. The van der Waals surface area contributed by atoms with Crippen LogP contribution in [0, 0.1) is 5.21 Å². The van der Waals surface area contributed by atoms with Gasteiger partial charge in [-0.3, -0.25) is 0 Å². The van der Waals surface area contributed by atoms with Gasteiger partial charge in [0.2, 0.25) is 5.69 Å². The Balaban J connectivity index is 2.19. The Labute approximate surface area is 136 Å². The lowest BCUT2D eigenvalue weighted by Gasteiger charge is -2.32. The molecule has 0 aliphatic carbocycles. The molecule has 0 amide bonds. The summed E-state index contributed by atoms with van der Waals surface area (Å²) in [5.74, 6) is -0.468. The topological polar surface area (TPSA) is 47.2 Å². The summed E-state index contributed by atoms with van der Waals surface area (Å²) < 4.78 is 0.828. The summed E-state index contributed by atoms with van der Waals surface area (Å²) in [5, 5.41) is 23.6. The van der Waals surface area contributed by atoms with Crippen molar-refractivity contribution in [3.63, 3.8) is 0 Å². The molecule has 1 heterocycles. The maximum absolute atomic E-state index is 12.3. The summed E-state index contributed by atoms with van der Waals surface area (Å²) in [6.07, 6.45) is 1.46. The second-order valence-electron chi connectivity index (χ2n) is 5.81. The molecule has 116 valence electrons. The van der Waals surface area contributed by atoms with Crippen LogP contribution < -0.4 is 4.73 Å². The molecule has 1 N–H and O–H groups in total.